The van der Waals surface area contributed by atoms with Gasteiger partial charge < -0.3 is 25.7 Å². The summed E-state index contributed by atoms with van der Waals surface area (Å²) in [7, 11) is 0. The van der Waals surface area contributed by atoms with E-state index >= 15 is 0 Å². The van der Waals surface area contributed by atoms with Crippen molar-refractivity contribution in [1.82, 2.24) is 15.5 Å². The van der Waals surface area contributed by atoms with Crippen LogP contribution in [-0.2, 0) is 4.79 Å². The molecule has 4 N–H and O–H groups in total. The lowest BCUT2D eigenvalue weighted by molar-refractivity contribution is -0.139. The van der Waals surface area contributed by atoms with E-state index in [0.717, 1.165) is 19.5 Å². The molecule has 0 aromatic heterocycles. The van der Waals surface area contributed by atoms with Crippen LogP contribution in [0.3, 0.4) is 0 Å². The van der Waals surface area contributed by atoms with Gasteiger partial charge in [-0.1, -0.05) is 0 Å². The van der Waals surface area contributed by atoms with Gasteiger partial charge in [0.1, 0.15) is 6.04 Å². The molecule has 2 atom stereocenters. The Labute approximate surface area is 119 Å². The molecule has 1 rings (SSSR count). The molecule has 0 spiro atoms. The number of aliphatic hydroxyl groups excluding tert-OH is 1. The van der Waals surface area contributed by atoms with Gasteiger partial charge in [0.2, 0.25) is 0 Å². The van der Waals surface area contributed by atoms with Crippen LogP contribution in [0.1, 0.15) is 26.7 Å². The number of carbonyl (C=O) groups excluding carboxylic acids is 1. The van der Waals surface area contributed by atoms with E-state index in [4.69, 9.17) is 10.2 Å². The predicted octanol–water partition coefficient (Wildman–Crippen LogP) is -0.148. The van der Waals surface area contributed by atoms with Gasteiger partial charge in [-0.2, -0.15) is 0 Å². The zero-order chi connectivity index (χ0) is 15.1. The van der Waals surface area contributed by atoms with Gasteiger partial charge in [-0.15, -0.1) is 0 Å². The highest BCUT2D eigenvalue weighted by atomic mass is 16.4. The Bertz CT molecular complexity index is 336. The van der Waals surface area contributed by atoms with Gasteiger partial charge in [-0.3, -0.25) is 0 Å². The molecular formula is C13H25N3O4. The van der Waals surface area contributed by atoms with Gasteiger partial charge in [0.15, 0.2) is 0 Å². The number of urea groups is 1. The summed E-state index contributed by atoms with van der Waals surface area (Å²) in [6.45, 7) is 6.55. The van der Waals surface area contributed by atoms with Gasteiger partial charge in [0, 0.05) is 32.2 Å². The molecule has 1 aliphatic rings. The maximum absolute atomic E-state index is 11.6. The fourth-order valence-electron chi connectivity index (χ4n) is 2.33. The van der Waals surface area contributed by atoms with Crippen LogP contribution in [0.5, 0.6) is 0 Å². The number of rotatable bonds is 7. The van der Waals surface area contributed by atoms with Gasteiger partial charge in [0.05, 0.1) is 0 Å². The predicted molar refractivity (Wildman–Crippen MR) is 74.5 cm³/mol. The maximum atomic E-state index is 11.6. The van der Waals surface area contributed by atoms with Gasteiger partial charge in [-0.25, -0.2) is 9.59 Å². The third-order valence-electron chi connectivity index (χ3n) is 3.62. The van der Waals surface area contributed by atoms with E-state index in [1.165, 1.54) is 0 Å². The number of aliphatic hydroxyl groups is 1. The highest BCUT2D eigenvalue weighted by molar-refractivity contribution is 5.82. The van der Waals surface area contributed by atoms with Crippen molar-refractivity contribution in [3.8, 4) is 0 Å². The van der Waals surface area contributed by atoms with Crippen molar-refractivity contribution in [2.45, 2.75) is 38.8 Å². The fraction of sp³-hybridized carbons (Fsp3) is 0.846. The summed E-state index contributed by atoms with van der Waals surface area (Å²) in [6.07, 6.45) is 1.05. The maximum Gasteiger partial charge on any atom is 0.326 e. The third-order valence-corrected chi connectivity index (χ3v) is 3.62. The Balaban J connectivity index is 2.28. The van der Waals surface area contributed by atoms with Gasteiger partial charge in [-0.05, 0) is 32.7 Å². The molecule has 1 saturated heterocycles. The van der Waals surface area contributed by atoms with E-state index in [1.54, 1.807) is 0 Å². The molecule has 7 heteroatoms. The van der Waals surface area contributed by atoms with Crippen LogP contribution in [0.2, 0.25) is 0 Å². The molecule has 1 heterocycles. The summed E-state index contributed by atoms with van der Waals surface area (Å²) in [6, 6.07) is -1.03. The normalized spacial score (nSPS) is 20.9. The van der Waals surface area contributed by atoms with Crippen molar-refractivity contribution in [3.63, 3.8) is 0 Å². The monoisotopic (exact) mass is 287 g/mol. The number of carbonyl (C=O) groups is 2. The van der Waals surface area contributed by atoms with E-state index in [0.29, 0.717) is 18.5 Å². The molecule has 0 saturated carbocycles. The molecule has 0 aliphatic carbocycles. The molecule has 7 nitrogen and oxygen atoms in total. The van der Waals surface area contributed by atoms with E-state index < -0.39 is 18.0 Å². The smallest absolute Gasteiger partial charge is 0.326 e. The first-order valence-electron chi connectivity index (χ1n) is 7.06. The quantitative estimate of drug-likeness (QED) is 0.522. The topological polar surface area (TPSA) is 102 Å². The average Bonchev–Trinajstić information content (AvgIpc) is 2.84. The lowest BCUT2D eigenvalue weighted by atomic mass is 10.1. The molecule has 0 radical (unpaired) electrons. The number of aliphatic carboxylic acids is 1. The van der Waals surface area contributed by atoms with E-state index in [2.05, 4.69) is 29.4 Å². The molecule has 20 heavy (non-hydrogen) atoms. The molecule has 0 bridgehead atoms. The Morgan fingerprint density at radius 1 is 1.40 bits per heavy atom. The molecule has 0 aromatic rings. The number of carboxylic acid groups (broad SMARTS) is 1. The lowest BCUT2D eigenvalue weighted by Gasteiger charge is -2.20. The first kappa shape index (κ1) is 16.7. The van der Waals surface area contributed by atoms with Crippen LogP contribution in [0.15, 0.2) is 0 Å². The Hall–Kier alpha value is -1.34. The SMILES string of the molecule is CC(C)N1CCC(CNC(=O)N[C@H](CCO)C(=O)O)C1. The van der Waals surface area contributed by atoms with Crippen molar-refractivity contribution in [3.05, 3.63) is 0 Å². The number of hydrogen-bond donors (Lipinski definition) is 4. The van der Waals surface area contributed by atoms with Crippen molar-refractivity contribution in [1.29, 1.82) is 0 Å². The second-order valence-electron chi connectivity index (χ2n) is 5.50. The summed E-state index contributed by atoms with van der Waals surface area (Å²) in [5.41, 5.74) is 0. The number of nitrogens with zero attached hydrogens (tertiary/aromatic N) is 1. The molecule has 116 valence electrons. The van der Waals surface area contributed by atoms with Crippen LogP contribution in [-0.4, -0.2) is 65.4 Å². The zero-order valence-corrected chi connectivity index (χ0v) is 12.1. The van der Waals surface area contributed by atoms with Gasteiger partial charge in [0.25, 0.3) is 0 Å². The average molecular weight is 287 g/mol. The number of hydrogen-bond acceptors (Lipinski definition) is 4. The molecule has 1 aliphatic heterocycles. The minimum absolute atomic E-state index is 0.00725. The minimum atomic E-state index is -1.14. The van der Waals surface area contributed by atoms with Crippen LogP contribution in [0.25, 0.3) is 0 Å². The highest BCUT2D eigenvalue weighted by Gasteiger charge is 2.25. The minimum Gasteiger partial charge on any atom is -0.480 e. The van der Waals surface area contributed by atoms with Crippen molar-refractivity contribution < 1.29 is 19.8 Å². The standard InChI is InChI=1S/C13H25N3O4/c1-9(2)16-5-3-10(8-16)7-14-13(20)15-11(4-6-17)12(18)19/h9-11,17H,3-8H2,1-2H3,(H,18,19)(H2,14,15,20)/t10?,11-/m1/s1. The second-order valence-corrected chi connectivity index (χ2v) is 5.50. The second kappa shape index (κ2) is 8.06. The van der Waals surface area contributed by atoms with Crippen LogP contribution in [0, 0.1) is 5.92 Å². The molecular weight excluding hydrogens is 262 g/mol. The van der Waals surface area contributed by atoms with Crippen molar-refractivity contribution in [2.75, 3.05) is 26.2 Å². The summed E-state index contributed by atoms with van der Waals surface area (Å²) in [5.74, 6) is -0.731. The van der Waals surface area contributed by atoms with E-state index in [1.807, 2.05) is 0 Å². The van der Waals surface area contributed by atoms with Crippen LogP contribution in [0.4, 0.5) is 4.79 Å². The Morgan fingerprint density at radius 3 is 2.60 bits per heavy atom. The Morgan fingerprint density at radius 2 is 2.10 bits per heavy atom. The molecule has 1 fully saturated rings. The summed E-state index contributed by atoms with van der Waals surface area (Å²) in [4.78, 5) is 24.8. The number of likely N-dealkylation sites (tertiary alicyclic amines) is 1. The molecule has 0 aromatic carbocycles. The largest absolute Gasteiger partial charge is 0.480 e. The lowest BCUT2D eigenvalue weighted by Crippen LogP contribution is -2.47. The van der Waals surface area contributed by atoms with Crippen LogP contribution >= 0.6 is 0 Å². The summed E-state index contributed by atoms with van der Waals surface area (Å²) < 4.78 is 0. The molecule has 2 amide bonds. The Kier molecular flexibility index (Phi) is 6.74. The zero-order valence-electron chi connectivity index (χ0n) is 12.1. The number of amides is 2. The summed E-state index contributed by atoms with van der Waals surface area (Å²) >= 11 is 0. The highest BCUT2D eigenvalue weighted by Crippen LogP contribution is 2.17. The fourth-order valence-corrected chi connectivity index (χ4v) is 2.33. The third kappa shape index (κ3) is 5.34. The molecule has 1 unspecified atom stereocenters. The van der Waals surface area contributed by atoms with Crippen molar-refractivity contribution in [2.24, 2.45) is 5.92 Å². The van der Waals surface area contributed by atoms with Crippen molar-refractivity contribution >= 4 is 12.0 Å². The van der Waals surface area contributed by atoms with Crippen LogP contribution < -0.4 is 10.6 Å². The van der Waals surface area contributed by atoms with E-state index in [9.17, 15) is 9.59 Å². The first-order valence-corrected chi connectivity index (χ1v) is 7.06. The summed E-state index contributed by atoms with van der Waals surface area (Å²) in [5, 5.41) is 22.7. The number of carboxylic acids is 1. The van der Waals surface area contributed by atoms with E-state index in [-0.39, 0.29) is 13.0 Å². The van der Waals surface area contributed by atoms with Gasteiger partial charge >= 0.3 is 12.0 Å². The first-order chi connectivity index (χ1) is 9.43. The number of nitrogens with one attached hydrogen (secondary N) is 2.